The first-order valence-electron chi connectivity index (χ1n) is 9.25. The second-order valence-electron chi connectivity index (χ2n) is 6.90. The van der Waals surface area contributed by atoms with E-state index in [0.29, 0.717) is 23.9 Å². The normalized spacial score (nSPS) is 16.7. The molecule has 6 nitrogen and oxygen atoms in total. The number of likely N-dealkylation sites (tertiary alicyclic amines) is 1. The maximum absolute atomic E-state index is 12.7. The van der Waals surface area contributed by atoms with E-state index in [1.165, 1.54) is 0 Å². The molecule has 0 bridgehead atoms. The zero-order valence-corrected chi connectivity index (χ0v) is 15.8. The van der Waals surface area contributed by atoms with Gasteiger partial charge in [0.25, 0.3) is 11.8 Å². The van der Waals surface area contributed by atoms with Crippen molar-refractivity contribution in [3.05, 3.63) is 59.4 Å². The molecular weight excluding hydrogens is 342 g/mol. The molecule has 0 saturated carbocycles. The average molecular weight is 367 g/mol. The Balaban J connectivity index is 1.67. The molecule has 0 spiro atoms. The van der Waals surface area contributed by atoms with Gasteiger partial charge in [-0.25, -0.2) is 4.98 Å². The molecule has 2 amide bonds. The molecule has 1 atom stereocenters. The van der Waals surface area contributed by atoms with Crippen molar-refractivity contribution in [2.45, 2.75) is 26.3 Å². The predicted octanol–water partition coefficient (Wildman–Crippen LogP) is 2.89. The van der Waals surface area contributed by atoms with Crippen LogP contribution in [0.5, 0.6) is 5.75 Å². The fourth-order valence-electron chi connectivity index (χ4n) is 3.33. The number of para-hydroxylation sites is 1. The van der Waals surface area contributed by atoms with Gasteiger partial charge in [-0.15, -0.1) is 0 Å². The van der Waals surface area contributed by atoms with Crippen LogP contribution in [0.4, 0.5) is 0 Å². The highest BCUT2D eigenvalue weighted by Gasteiger charge is 2.23. The summed E-state index contributed by atoms with van der Waals surface area (Å²) in [6, 6.07) is 12.5. The van der Waals surface area contributed by atoms with Crippen LogP contribution in [0.1, 0.15) is 46.3 Å². The summed E-state index contributed by atoms with van der Waals surface area (Å²) < 4.78 is 5.29. The number of amides is 2. The number of hydrogen-bond donors (Lipinski definition) is 1. The Hall–Kier alpha value is -2.89. The van der Waals surface area contributed by atoms with E-state index in [9.17, 15) is 9.59 Å². The van der Waals surface area contributed by atoms with E-state index < -0.39 is 0 Å². The third-order valence-corrected chi connectivity index (χ3v) is 4.78. The molecule has 0 aliphatic carbocycles. The summed E-state index contributed by atoms with van der Waals surface area (Å²) in [6.07, 6.45) is 2.15. The molecule has 0 radical (unpaired) electrons. The van der Waals surface area contributed by atoms with Crippen LogP contribution in [-0.4, -0.2) is 41.9 Å². The number of nitrogens with one attached hydrogen (secondary N) is 1. The summed E-state index contributed by atoms with van der Waals surface area (Å²) in [5.74, 6) is 0.785. The minimum atomic E-state index is -0.317. The van der Waals surface area contributed by atoms with Gasteiger partial charge in [0, 0.05) is 25.2 Å². The van der Waals surface area contributed by atoms with Crippen LogP contribution in [-0.2, 0) is 6.54 Å². The Labute approximate surface area is 159 Å². The largest absolute Gasteiger partial charge is 0.496 e. The highest BCUT2D eigenvalue weighted by Crippen LogP contribution is 2.18. The number of piperidine rings is 1. The van der Waals surface area contributed by atoms with E-state index in [4.69, 9.17) is 4.74 Å². The molecule has 1 aliphatic heterocycles. The van der Waals surface area contributed by atoms with E-state index >= 15 is 0 Å². The number of pyridine rings is 1. The fourth-order valence-corrected chi connectivity index (χ4v) is 3.33. The van der Waals surface area contributed by atoms with E-state index in [0.717, 1.165) is 31.5 Å². The van der Waals surface area contributed by atoms with Gasteiger partial charge in [-0.05, 0) is 37.0 Å². The van der Waals surface area contributed by atoms with Gasteiger partial charge < -0.3 is 15.0 Å². The Morgan fingerprint density at radius 2 is 1.96 bits per heavy atom. The second-order valence-corrected chi connectivity index (χ2v) is 6.90. The first-order chi connectivity index (χ1) is 13.1. The monoisotopic (exact) mass is 367 g/mol. The lowest BCUT2D eigenvalue weighted by molar-refractivity contribution is 0.0677. The van der Waals surface area contributed by atoms with Crippen LogP contribution in [0, 0.1) is 5.92 Å². The average Bonchev–Trinajstić information content (AvgIpc) is 2.71. The molecule has 27 heavy (non-hydrogen) atoms. The molecule has 1 saturated heterocycles. The van der Waals surface area contributed by atoms with Gasteiger partial charge in [-0.2, -0.15) is 0 Å². The highest BCUT2D eigenvalue weighted by atomic mass is 16.5. The number of nitrogens with zero attached hydrogens (tertiary/aromatic N) is 2. The van der Waals surface area contributed by atoms with Crippen LogP contribution in [0.3, 0.4) is 0 Å². The van der Waals surface area contributed by atoms with Crippen molar-refractivity contribution in [2.24, 2.45) is 5.92 Å². The first kappa shape index (κ1) is 18.9. The van der Waals surface area contributed by atoms with Crippen molar-refractivity contribution < 1.29 is 14.3 Å². The highest BCUT2D eigenvalue weighted by molar-refractivity contribution is 5.96. The summed E-state index contributed by atoms with van der Waals surface area (Å²) in [5.41, 5.74) is 1.43. The molecule has 1 aromatic carbocycles. The summed E-state index contributed by atoms with van der Waals surface area (Å²) in [4.78, 5) is 31.3. The number of benzene rings is 1. The lowest BCUT2D eigenvalue weighted by Gasteiger charge is -2.30. The molecule has 6 heteroatoms. The molecule has 142 valence electrons. The molecule has 1 N–H and O–H groups in total. The van der Waals surface area contributed by atoms with Gasteiger partial charge in [0.05, 0.1) is 7.11 Å². The van der Waals surface area contributed by atoms with Gasteiger partial charge in [-0.1, -0.05) is 31.2 Å². The third kappa shape index (κ3) is 4.64. The van der Waals surface area contributed by atoms with Crippen molar-refractivity contribution in [3.8, 4) is 5.75 Å². The van der Waals surface area contributed by atoms with Crippen LogP contribution >= 0.6 is 0 Å². The second kappa shape index (κ2) is 8.66. The summed E-state index contributed by atoms with van der Waals surface area (Å²) in [7, 11) is 1.60. The zero-order valence-electron chi connectivity index (χ0n) is 15.8. The Kier molecular flexibility index (Phi) is 6.06. The molecule has 1 fully saturated rings. The SMILES string of the molecule is COc1ccccc1CNC(=O)c1cccc(C(=O)N2CCCC(C)C2)n1. The van der Waals surface area contributed by atoms with E-state index in [2.05, 4.69) is 17.2 Å². The number of hydrogen-bond acceptors (Lipinski definition) is 4. The summed E-state index contributed by atoms with van der Waals surface area (Å²) in [6.45, 7) is 3.96. The predicted molar refractivity (Wildman–Crippen MR) is 103 cm³/mol. The lowest BCUT2D eigenvalue weighted by Crippen LogP contribution is -2.39. The minimum absolute atomic E-state index is 0.110. The van der Waals surface area contributed by atoms with E-state index in [-0.39, 0.29) is 17.5 Å². The number of carbonyl (C=O) groups is 2. The van der Waals surface area contributed by atoms with Gasteiger partial charge >= 0.3 is 0 Å². The van der Waals surface area contributed by atoms with Crippen LogP contribution in [0.25, 0.3) is 0 Å². The van der Waals surface area contributed by atoms with Gasteiger partial charge in [0.15, 0.2) is 0 Å². The minimum Gasteiger partial charge on any atom is -0.496 e. The van der Waals surface area contributed by atoms with Crippen molar-refractivity contribution in [3.63, 3.8) is 0 Å². The quantitative estimate of drug-likeness (QED) is 0.882. The molecule has 1 aliphatic rings. The number of ether oxygens (including phenoxy) is 1. The van der Waals surface area contributed by atoms with Crippen molar-refractivity contribution in [1.29, 1.82) is 0 Å². The molecule has 2 heterocycles. The fraction of sp³-hybridized carbons (Fsp3) is 0.381. The topological polar surface area (TPSA) is 71.5 Å². The third-order valence-electron chi connectivity index (χ3n) is 4.78. The van der Waals surface area contributed by atoms with Crippen molar-refractivity contribution >= 4 is 11.8 Å². The van der Waals surface area contributed by atoms with Gasteiger partial charge in [0.2, 0.25) is 0 Å². The Morgan fingerprint density at radius 1 is 1.19 bits per heavy atom. The molecule has 1 aromatic heterocycles. The summed E-state index contributed by atoms with van der Waals surface area (Å²) in [5, 5.41) is 2.84. The Bertz CT molecular complexity index is 822. The first-order valence-corrected chi connectivity index (χ1v) is 9.25. The molecular formula is C21H25N3O3. The number of carbonyl (C=O) groups excluding carboxylic acids is 2. The molecule has 1 unspecified atom stereocenters. The number of rotatable bonds is 5. The maximum atomic E-state index is 12.7. The smallest absolute Gasteiger partial charge is 0.272 e. The number of methoxy groups -OCH3 is 1. The van der Waals surface area contributed by atoms with Crippen LogP contribution < -0.4 is 10.1 Å². The zero-order chi connectivity index (χ0) is 19.2. The van der Waals surface area contributed by atoms with Crippen LogP contribution in [0.2, 0.25) is 0 Å². The van der Waals surface area contributed by atoms with Gasteiger partial charge in [-0.3, -0.25) is 9.59 Å². The molecule has 2 aromatic rings. The lowest BCUT2D eigenvalue weighted by atomic mass is 10.00. The van der Waals surface area contributed by atoms with E-state index in [1.54, 1.807) is 25.3 Å². The van der Waals surface area contributed by atoms with E-state index in [1.807, 2.05) is 29.2 Å². The summed E-state index contributed by atoms with van der Waals surface area (Å²) >= 11 is 0. The Morgan fingerprint density at radius 3 is 2.74 bits per heavy atom. The van der Waals surface area contributed by atoms with Crippen molar-refractivity contribution in [1.82, 2.24) is 15.2 Å². The number of aromatic nitrogens is 1. The standard InChI is InChI=1S/C21H25N3O3/c1-15-7-6-12-24(14-15)21(26)18-10-5-9-17(23-18)20(25)22-13-16-8-3-4-11-19(16)27-2/h3-5,8-11,15H,6-7,12-14H2,1-2H3,(H,22,25). The van der Waals surface area contributed by atoms with Crippen molar-refractivity contribution in [2.75, 3.05) is 20.2 Å². The van der Waals surface area contributed by atoms with Gasteiger partial charge in [0.1, 0.15) is 17.1 Å². The molecule has 3 rings (SSSR count). The van der Waals surface area contributed by atoms with Crippen LogP contribution in [0.15, 0.2) is 42.5 Å². The maximum Gasteiger partial charge on any atom is 0.272 e.